The maximum absolute atomic E-state index is 11.8. The molecule has 0 atom stereocenters. The number of aromatic nitrogens is 6. The van der Waals surface area contributed by atoms with Gasteiger partial charge in [-0.05, 0) is 56.9 Å². The van der Waals surface area contributed by atoms with Crippen molar-refractivity contribution in [1.29, 1.82) is 0 Å². The van der Waals surface area contributed by atoms with Crippen molar-refractivity contribution in [2.75, 3.05) is 14.1 Å². The summed E-state index contributed by atoms with van der Waals surface area (Å²) in [6.07, 6.45) is 9.24. The number of rotatable bonds is 6. The molecule has 6 aromatic heterocycles. The largest absolute Gasteiger partial charge is 0.352 e. The van der Waals surface area contributed by atoms with Gasteiger partial charge in [0.1, 0.15) is 5.69 Å². The average molecular weight is 494 g/mol. The van der Waals surface area contributed by atoms with E-state index < -0.39 is 0 Å². The van der Waals surface area contributed by atoms with Crippen molar-refractivity contribution in [2.45, 2.75) is 13.5 Å². The number of Topliss-reactive ketones (excluding diaryl/α,β-unsaturated/α-hetero) is 1. The molecule has 0 aliphatic heterocycles. The molecule has 0 spiro atoms. The summed E-state index contributed by atoms with van der Waals surface area (Å²) < 4.78 is 0. The van der Waals surface area contributed by atoms with Crippen LogP contribution in [0.25, 0.3) is 54.9 Å². The minimum absolute atomic E-state index is 0.0647. The van der Waals surface area contributed by atoms with Gasteiger partial charge in [0.25, 0.3) is 0 Å². The zero-order valence-electron chi connectivity index (χ0n) is 20.0. The molecule has 0 saturated heterocycles. The smallest absolute Gasteiger partial charge is 0.169 e. The zero-order chi connectivity index (χ0) is 24.8. The van der Waals surface area contributed by atoms with Crippen LogP contribution < -0.4 is 0 Å². The molecule has 6 heterocycles. The van der Waals surface area contributed by atoms with E-state index in [2.05, 4.69) is 53.2 Å². The molecule has 0 amide bonds. The fraction of sp³-hybridized carbons (Fsp3) is 0.148. The number of H-pyrrole nitrogens is 2. The third kappa shape index (κ3) is 3.98. The van der Waals surface area contributed by atoms with E-state index in [-0.39, 0.29) is 5.78 Å². The molecule has 178 valence electrons. The van der Waals surface area contributed by atoms with Gasteiger partial charge in [0.15, 0.2) is 11.4 Å². The molecule has 6 aromatic rings. The van der Waals surface area contributed by atoms with Gasteiger partial charge in [-0.15, -0.1) is 11.3 Å². The van der Waals surface area contributed by atoms with E-state index in [9.17, 15) is 4.79 Å². The van der Waals surface area contributed by atoms with E-state index in [1.165, 1.54) is 11.3 Å². The number of nitrogens with zero attached hydrogens (tertiary/aromatic N) is 5. The first-order valence-electron chi connectivity index (χ1n) is 11.5. The molecule has 0 saturated carbocycles. The molecule has 0 bridgehead atoms. The van der Waals surface area contributed by atoms with Crippen LogP contribution in [0.4, 0.5) is 0 Å². The van der Waals surface area contributed by atoms with Crippen LogP contribution in [0.2, 0.25) is 0 Å². The molecular weight excluding hydrogens is 470 g/mol. The van der Waals surface area contributed by atoms with E-state index >= 15 is 0 Å². The summed E-state index contributed by atoms with van der Waals surface area (Å²) in [5.41, 5.74) is 7.39. The molecule has 36 heavy (non-hydrogen) atoms. The molecule has 0 unspecified atom stereocenters. The molecule has 0 aliphatic carbocycles. The highest BCUT2D eigenvalue weighted by Crippen LogP contribution is 2.36. The zero-order valence-corrected chi connectivity index (χ0v) is 20.8. The van der Waals surface area contributed by atoms with Crippen molar-refractivity contribution >= 4 is 39.1 Å². The van der Waals surface area contributed by atoms with Crippen LogP contribution in [0.1, 0.15) is 22.2 Å². The molecular formula is C27H23N7OS. The van der Waals surface area contributed by atoms with Crippen LogP contribution in [0.5, 0.6) is 0 Å². The highest BCUT2D eigenvalue weighted by Gasteiger charge is 2.16. The van der Waals surface area contributed by atoms with Crippen LogP contribution >= 0.6 is 11.3 Å². The Hall–Kier alpha value is -4.21. The Kier molecular flexibility index (Phi) is 5.43. The number of hydrogen-bond acceptors (Lipinski definition) is 7. The summed E-state index contributed by atoms with van der Waals surface area (Å²) in [5, 5.41) is 9.58. The maximum atomic E-state index is 11.8. The Morgan fingerprint density at radius 3 is 2.61 bits per heavy atom. The van der Waals surface area contributed by atoms with Crippen LogP contribution in [-0.2, 0) is 6.54 Å². The van der Waals surface area contributed by atoms with Crippen molar-refractivity contribution in [2.24, 2.45) is 0 Å². The third-order valence-corrected chi connectivity index (χ3v) is 7.28. The van der Waals surface area contributed by atoms with Gasteiger partial charge in [-0.3, -0.25) is 19.9 Å². The number of ketones is 1. The topological polar surface area (TPSA) is 103 Å². The molecule has 6 rings (SSSR count). The van der Waals surface area contributed by atoms with E-state index in [4.69, 9.17) is 0 Å². The minimum Gasteiger partial charge on any atom is -0.352 e. The van der Waals surface area contributed by atoms with Gasteiger partial charge >= 0.3 is 0 Å². The van der Waals surface area contributed by atoms with Gasteiger partial charge in [-0.1, -0.05) is 0 Å². The predicted octanol–water partition coefficient (Wildman–Crippen LogP) is 5.56. The van der Waals surface area contributed by atoms with Crippen LogP contribution in [-0.4, -0.2) is 54.9 Å². The lowest BCUT2D eigenvalue weighted by Gasteiger charge is -2.10. The number of hydrogen-bond donors (Lipinski definition) is 2. The lowest BCUT2D eigenvalue weighted by atomic mass is 10.1. The molecule has 8 nitrogen and oxygen atoms in total. The standard InChI is InChI=1S/C27H23N7OS/c1-15(35)24-4-5-25(36-24)21-12-29-13-23-19(21)8-22(31-23)26-20-7-18(11-30-27(20)33-32-26)17-6-16(9-28-10-17)14-34(2)3/h4-13,31H,14H2,1-3H3,(H,30,32,33). The summed E-state index contributed by atoms with van der Waals surface area (Å²) in [6.45, 7) is 2.40. The summed E-state index contributed by atoms with van der Waals surface area (Å²) in [6, 6.07) is 10.2. The Bertz CT molecular complexity index is 1740. The van der Waals surface area contributed by atoms with Gasteiger partial charge in [0, 0.05) is 63.7 Å². The van der Waals surface area contributed by atoms with Gasteiger partial charge in [-0.25, -0.2) is 4.98 Å². The van der Waals surface area contributed by atoms with Crippen molar-refractivity contribution in [3.8, 4) is 33.0 Å². The van der Waals surface area contributed by atoms with Crippen LogP contribution in [0.15, 0.2) is 61.3 Å². The van der Waals surface area contributed by atoms with Gasteiger partial charge in [-0.2, -0.15) is 5.10 Å². The molecule has 0 aromatic carbocycles. The number of aromatic amines is 2. The quantitative estimate of drug-likeness (QED) is 0.295. The first kappa shape index (κ1) is 22.3. The average Bonchev–Trinajstić information content (AvgIpc) is 3.60. The first-order valence-corrected chi connectivity index (χ1v) is 12.3. The second-order valence-electron chi connectivity index (χ2n) is 9.06. The fourth-order valence-electron chi connectivity index (χ4n) is 4.41. The molecule has 0 aliphatic rings. The third-order valence-electron chi connectivity index (χ3n) is 6.06. The molecule has 2 N–H and O–H groups in total. The van der Waals surface area contributed by atoms with E-state index in [0.29, 0.717) is 5.65 Å². The number of thiophene rings is 1. The highest BCUT2D eigenvalue weighted by molar-refractivity contribution is 7.17. The summed E-state index contributed by atoms with van der Waals surface area (Å²) in [7, 11) is 4.08. The second-order valence-corrected chi connectivity index (χ2v) is 10.1. The fourth-order valence-corrected chi connectivity index (χ4v) is 5.34. The predicted molar refractivity (Wildman–Crippen MR) is 143 cm³/mol. The Morgan fingerprint density at radius 1 is 0.972 bits per heavy atom. The Balaban J connectivity index is 1.43. The van der Waals surface area contributed by atoms with Crippen molar-refractivity contribution in [1.82, 2.24) is 35.0 Å². The van der Waals surface area contributed by atoms with Crippen molar-refractivity contribution in [3.05, 3.63) is 71.8 Å². The summed E-state index contributed by atoms with van der Waals surface area (Å²) in [5.74, 6) is 0.0647. The maximum Gasteiger partial charge on any atom is 0.169 e. The van der Waals surface area contributed by atoms with Crippen LogP contribution in [0, 0.1) is 0 Å². The number of nitrogens with one attached hydrogen (secondary N) is 2. The van der Waals surface area contributed by atoms with Crippen molar-refractivity contribution < 1.29 is 4.79 Å². The second kappa shape index (κ2) is 8.78. The Labute approximate surface area is 211 Å². The van der Waals surface area contributed by atoms with E-state index in [1.54, 1.807) is 6.92 Å². The normalized spacial score (nSPS) is 11.7. The molecule has 0 radical (unpaired) electrons. The monoisotopic (exact) mass is 493 g/mol. The lowest BCUT2D eigenvalue weighted by molar-refractivity contribution is 0.102. The lowest BCUT2D eigenvalue weighted by Crippen LogP contribution is -2.10. The Morgan fingerprint density at radius 2 is 1.81 bits per heavy atom. The summed E-state index contributed by atoms with van der Waals surface area (Å²) >= 11 is 1.48. The molecule has 9 heteroatoms. The van der Waals surface area contributed by atoms with Gasteiger partial charge in [0.05, 0.1) is 22.3 Å². The molecule has 0 fully saturated rings. The minimum atomic E-state index is 0.0647. The first-order chi connectivity index (χ1) is 17.5. The van der Waals surface area contributed by atoms with Crippen molar-refractivity contribution in [3.63, 3.8) is 0 Å². The number of fused-ring (bicyclic) bond motifs is 2. The van der Waals surface area contributed by atoms with Gasteiger partial charge in [0.2, 0.25) is 0 Å². The highest BCUT2D eigenvalue weighted by atomic mass is 32.1. The van der Waals surface area contributed by atoms with Gasteiger partial charge < -0.3 is 9.88 Å². The number of carbonyl (C=O) groups is 1. The number of pyridine rings is 3. The SMILES string of the molecule is CC(=O)c1ccc(-c2cncc3[nH]c(-c4n[nH]c5ncc(-c6cncc(CN(C)C)c6)cc45)cc23)s1. The number of carbonyl (C=O) groups excluding carboxylic acids is 1. The van der Waals surface area contributed by atoms with Crippen LogP contribution in [0.3, 0.4) is 0 Å². The van der Waals surface area contributed by atoms with E-state index in [0.717, 1.165) is 66.2 Å². The summed E-state index contributed by atoms with van der Waals surface area (Å²) in [4.78, 5) is 32.6. The van der Waals surface area contributed by atoms with E-state index in [1.807, 2.05) is 57.2 Å².